The summed E-state index contributed by atoms with van der Waals surface area (Å²) in [5.74, 6) is -3.19. The van der Waals surface area contributed by atoms with Gasteiger partial charge in [0.25, 0.3) is 11.8 Å². The Bertz CT molecular complexity index is 1040. The van der Waals surface area contributed by atoms with Crippen molar-refractivity contribution in [2.75, 3.05) is 20.8 Å². The SMILES string of the molecule is COc1cc(F)c(C(OC)C(=O)NCc2ccc(C(=N)N)cc2OCC(=O)NC(C)C)c(F)c1. The number of amidine groups is 1. The fourth-order valence-electron chi connectivity index (χ4n) is 3.07. The predicted molar refractivity (Wildman–Crippen MR) is 121 cm³/mol. The molecule has 0 radical (unpaired) electrons. The molecular formula is C23H28F2N4O5. The Morgan fingerprint density at radius 2 is 1.76 bits per heavy atom. The maximum absolute atomic E-state index is 14.4. The molecule has 0 aromatic heterocycles. The number of benzene rings is 2. The van der Waals surface area contributed by atoms with Gasteiger partial charge in [0, 0.05) is 43.0 Å². The molecule has 34 heavy (non-hydrogen) atoms. The van der Waals surface area contributed by atoms with Crippen molar-refractivity contribution in [3.8, 4) is 11.5 Å². The fraction of sp³-hybridized carbons (Fsp3) is 0.348. The van der Waals surface area contributed by atoms with Gasteiger partial charge in [0.15, 0.2) is 12.7 Å². The normalized spacial score (nSPS) is 11.6. The van der Waals surface area contributed by atoms with E-state index < -0.39 is 29.2 Å². The molecule has 0 heterocycles. The third-order valence-corrected chi connectivity index (χ3v) is 4.66. The van der Waals surface area contributed by atoms with Crippen molar-refractivity contribution in [1.29, 1.82) is 5.41 Å². The van der Waals surface area contributed by atoms with Gasteiger partial charge in [0.1, 0.15) is 29.0 Å². The number of amides is 2. The minimum absolute atomic E-state index is 0.0390. The van der Waals surface area contributed by atoms with Crippen LogP contribution in [0.1, 0.15) is 36.6 Å². The van der Waals surface area contributed by atoms with E-state index in [-0.39, 0.29) is 42.4 Å². The summed E-state index contributed by atoms with van der Waals surface area (Å²) in [6, 6.07) is 6.38. The first kappa shape index (κ1) is 26.5. The third kappa shape index (κ3) is 6.88. The Morgan fingerprint density at radius 3 is 2.29 bits per heavy atom. The first-order chi connectivity index (χ1) is 16.1. The molecule has 5 N–H and O–H groups in total. The molecule has 0 aliphatic heterocycles. The second-order valence-corrected chi connectivity index (χ2v) is 7.59. The van der Waals surface area contributed by atoms with E-state index in [0.717, 1.165) is 19.2 Å². The molecular weight excluding hydrogens is 450 g/mol. The second-order valence-electron chi connectivity index (χ2n) is 7.59. The Hall–Kier alpha value is -3.73. The highest BCUT2D eigenvalue weighted by Crippen LogP contribution is 2.28. The van der Waals surface area contributed by atoms with Crippen molar-refractivity contribution in [2.45, 2.75) is 32.5 Å². The Labute approximate surface area is 196 Å². The highest BCUT2D eigenvalue weighted by molar-refractivity contribution is 5.95. The Balaban J connectivity index is 2.21. The number of hydrogen-bond donors (Lipinski definition) is 4. The summed E-state index contributed by atoms with van der Waals surface area (Å²) in [6.45, 7) is 3.19. The van der Waals surface area contributed by atoms with E-state index in [9.17, 15) is 18.4 Å². The number of carbonyl (C=O) groups is 2. The first-order valence-corrected chi connectivity index (χ1v) is 10.3. The van der Waals surface area contributed by atoms with Gasteiger partial charge in [-0.15, -0.1) is 0 Å². The standard InChI is InChI=1S/C23H28F2N4O5/c1-12(2)29-19(30)11-34-18-7-13(22(26)27)5-6-14(18)10-28-23(31)21(33-4)20-16(24)8-15(32-3)9-17(20)25/h5-9,12,21H,10-11H2,1-4H3,(H3,26,27)(H,28,31)(H,29,30). The molecule has 0 fully saturated rings. The van der Waals surface area contributed by atoms with Gasteiger partial charge in [-0.2, -0.15) is 0 Å². The van der Waals surface area contributed by atoms with Gasteiger partial charge in [0.05, 0.1) is 12.7 Å². The van der Waals surface area contributed by atoms with Crippen molar-refractivity contribution in [1.82, 2.24) is 10.6 Å². The van der Waals surface area contributed by atoms with Crippen molar-refractivity contribution in [3.05, 3.63) is 58.7 Å². The van der Waals surface area contributed by atoms with E-state index in [1.165, 1.54) is 13.2 Å². The summed E-state index contributed by atoms with van der Waals surface area (Å²) in [7, 11) is 2.41. The molecule has 1 unspecified atom stereocenters. The number of hydrogen-bond acceptors (Lipinski definition) is 6. The van der Waals surface area contributed by atoms with Crippen LogP contribution < -0.4 is 25.8 Å². The summed E-state index contributed by atoms with van der Waals surface area (Å²) < 4.78 is 44.3. The lowest BCUT2D eigenvalue weighted by Gasteiger charge is -2.19. The van der Waals surface area contributed by atoms with Crippen LogP contribution in [0.5, 0.6) is 11.5 Å². The summed E-state index contributed by atoms with van der Waals surface area (Å²) >= 11 is 0. The van der Waals surface area contributed by atoms with Gasteiger partial charge in [-0.05, 0) is 19.9 Å². The number of rotatable bonds is 11. The van der Waals surface area contributed by atoms with E-state index in [4.69, 9.17) is 25.4 Å². The Morgan fingerprint density at radius 1 is 1.12 bits per heavy atom. The molecule has 0 aliphatic carbocycles. The molecule has 9 nitrogen and oxygen atoms in total. The van der Waals surface area contributed by atoms with Crippen LogP contribution in [0.15, 0.2) is 30.3 Å². The highest BCUT2D eigenvalue weighted by Gasteiger charge is 2.28. The first-order valence-electron chi connectivity index (χ1n) is 10.3. The van der Waals surface area contributed by atoms with E-state index in [1.54, 1.807) is 26.0 Å². The molecule has 0 saturated carbocycles. The van der Waals surface area contributed by atoms with Crippen molar-refractivity contribution >= 4 is 17.6 Å². The van der Waals surface area contributed by atoms with E-state index >= 15 is 0 Å². The second kappa shape index (κ2) is 11.9. The van der Waals surface area contributed by atoms with Gasteiger partial charge >= 0.3 is 0 Å². The van der Waals surface area contributed by atoms with Gasteiger partial charge < -0.3 is 30.6 Å². The number of methoxy groups -OCH3 is 2. The van der Waals surface area contributed by atoms with Crippen LogP contribution in [-0.2, 0) is 20.9 Å². The van der Waals surface area contributed by atoms with Gasteiger partial charge in [-0.3, -0.25) is 15.0 Å². The lowest BCUT2D eigenvalue weighted by Crippen LogP contribution is -2.34. The lowest BCUT2D eigenvalue weighted by molar-refractivity contribution is -0.132. The van der Waals surface area contributed by atoms with Crippen LogP contribution in [0.4, 0.5) is 8.78 Å². The van der Waals surface area contributed by atoms with Crippen molar-refractivity contribution in [2.24, 2.45) is 5.73 Å². The largest absolute Gasteiger partial charge is 0.497 e. The Kier molecular flexibility index (Phi) is 9.31. The zero-order valence-electron chi connectivity index (χ0n) is 19.3. The van der Waals surface area contributed by atoms with E-state index in [1.807, 2.05) is 0 Å². The van der Waals surface area contributed by atoms with Crippen LogP contribution in [-0.4, -0.2) is 44.5 Å². The average molecular weight is 478 g/mol. The molecule has 0 aliphatic rings. The molecule has 184 valence electrons. The molecule has 0 saturated heterocycles. The summed E-state index contributed by atoms with van der Waals surface area (Å²) in [5, 5.41) is 12.8. The molecule has 0 bridgehead atoms. The lowest BCUT2D eigenvalue weighted by atomic mass is 10.1. The molecule has 1 atom stereocenters. The summed E-state index contributed by atoms with van der Waals surface area (Å²) in [5.41, 5.74) is 5.77. The molecule has 0 spiro atoms. The number of halogens is 2. The monoisotopic (exact) mass is 478 g/mol. The maximum atomic E-state index is 14.4. The molecule has 2 rings (SSSR count). The predicted octanol–water partition coefficient (Wildman–Crippen LogP) is 2.16. The van der Waals surface area contributed by atoms with Crippen LogP contribution in [0, 0.1) is 17.0 Å². The number of nitrogen functional groups attached to an aromatic ring is 1. The fourth-order valence-corrected chi connectivity index (χ4v) is 3.07. The maximum Gasteiger partial charge on any atom is 0.258 e. The smallest absolute Gasteiger partial charge is 0.258 e. The van der Waals surface area contributed by atoms with Gasteiger partial charge in [0.2, 0.25) is 0 Å². The van der Waals surface area contributed by atoms with Crippen molar-refractivity contribution < 1.29 is 32.6 Å². The molecule has 11 heteroatoms. The molecule has 2 aromatic carbocycles. The van der Waals surface area contributed by atoms with Crippen LogP contribution in [0.25, 0.3) is 0 Å². The minimum atomic E-state index is -1.57. The topological polar surface area (TPSA) is 136 Å². The van der Waals surface area contributed by atoms with E-state index in [2.05, 4.69) is 10.6 Å². The summed E-state index contributed by atoms with van der Waals surface area (Å²) in [6.07, 6.45) is -1.57. The van der Waals surface area contributed by atoms with Crippen molar-refractivity contribution in [3.63, 3.8) is 0 Å². The molecule has 2 amide bonds. The van der Waals surface area contributed by atoms with Gasteiger partial charge in [-0.1, -0.05) is 12.1 Å². The average Bonchev–Trinajstić information content (AvgIpc) is 2.77. The number of carbonyl (C=O) groups excluding carboxylic acids is 2. The quantitative estimate of drug-likeness (QED) is 0.289. The third-order valence-electron chi connectivity index (χ3n) is 4.66. The molecule has 2 aromatic rings. The number of ether oxygens (including phenoxy) is 3. The zero-order valence-corrected chi connectivity index (χ0v) is 19.3. The van der Waals surface area contributed by atoms with Crippen LogP contribution in [0.2, 0.25) is 0 Å². The van der Waals surface area contributed by atoms with Crippen LogP contribution in [0.3, 0.4) is 0 Å². The van der Waals surface area contributed by atoms with Crippen LogP contribution >= 0.6 is 0 Å². The van der Waals surface area contributed by atoms with E-state index in [0.29, 0.717) is 11.1 Å². The minimum Gasteiger partial charge on any atom is -0.497 e. The zero-order chi connectivity index (χ0) is 25.4. The number of nitrogens with one attached hydrogen (secondary N) is 3. The highest BCUT2D eigenvalue weighted by atomic mass is 19.1. The number of nitrogens with two attached hydrogens (primary N) is 1. The van der Waals surface area contributed by atoms with Gasteiger partial charge in [-0.25, -0.2) is 8.78 Å². The summed E-state index contributed by atoms with van der Waals surface area (Å²) in [4.78, 5) is 24.7.